The van der Waals surface area contributed by atoms with Gasteiger partial charge >= 0.3 is 0 Å². The molecule has 5 aromatic rings. The lowest BCUT2D eigenvalue weighted by molar-refractivity contribution is -0.384. The van der Waals surface area contributed by atoms with E-state index in [2.05, 4.69) is 4.98 Å². The molecule has 0 fully saturated rings. The van der Waals surface area contributed by atoms with Crippen LogP contribution in [0.25, 0.3) is 39.6 Å². The van der Waals surface area contributed by atoms with Crippen molar-refractivity contribution in [1.29, 1.82) is 0 Å². The summed E-state index contributed by atoms with van der Waals surface area (Å²) in [6, 6.07) is 19.1. The zero-order valence-corrected chi connectivity index (χ0v) is 18.2. The van der Waals surface area contributed by atoms with Gasteiger partial charge in [-0.25, -0.2) is 4.98 Å². The fourth-order valence-electron chi connectivity index (χ4n) is 4.00. The summed E-state index contributed by atoms with van der Waals surface area (Å²) in [6.07, 6.45) is 5.54. The van der Waals surface area contributed by atoms with Crippen molar-refractivity contribution < 1.29 is 4.92 Å². The van der Waals surface area contributed by atoms with E-state index in [1.165, 1.54) is 22.8 Å². The molecule has 3 aromatic carbocycles. The molecule has 0 saturated heterocycles. The van der Waals surface area contributed by atoms with Gasteiger partial charge in [0.25, 0.3) is 11.2 Å². The van der Waals surface area contributed by atoms with E-state index < -0.39 is 10.5 Å². The molecule has 0 radical (unpaired) electrons. The van der Waals surface area contributed by atoms with Gasteiger partial charge in [0, 0.05) is 40.8 Å². The number of hydrogen-bond donors (Lipinski definition) is 0. The highest BCUT2D eigenvalue weighted by Crippen LogP contribution is 2.28. The van der Waals surface area contributed by atoms with E-state index in [9.17, 15) is 14.9 Å². The molecule has 0 aliphatic carbocycles. The molecule has 8 heteroatoms. The largest absolute Gasteiger partial charge is 0.350 e. The molecule has 0 saturated carbocycles. The Hall–Kier alpha value is -4.23. The Bertz CT molecular complexity index is 1650. The van der Waals surface area contributed by atoms with Crippen molar-refractivity contribution in [3.05, 3.63) is 110 Å². The first-order valence-electron chi connectivity index (χ1n) is 10.1. The third-order valence-corrected chi connectivity index (χ3v) is 5.75. The zero-order valence-electron chi connectivity index (χ0n) is 17.5. The molecule has 0 aliphatic heterocycles. The molecule has 2 aromatic heterocycles. The Labute approximate surface area is 193 Å². The van der Waals surface area contributed by atoms with Crippen molar-refractivity contribution in [2.45, 2.75) is 0 Å². The van der Waals surface area contributed by atoms with E-state index >= 15 is 0 Å². The van der Waals surface area contributed by atoms with Crippen LogP contribution in [0, 0.1) is 10.1 Å². The van der Waals surface area contributed by atoms with Crippen LogP contribution in [0.4, 0.5) is 5.69 Å². The second-order valence-electron chi connectivity index (χ2n) is 7.56. The summed E-state index contributed by atoms with van der Waals surface area (Å²) in [4.78, 5) is 29.3. The lowest BCUT2D eigenvalue weighted by atomic mass is 10.1. The highest BCUT2D eigenvalue weighted by Gasteiger charge is 2.21. The predicted octanol–water partition coefficient (Wildman–Crippen LogP) is 5.61. The van der Waals surface area contributed by atoms with Crippen molar-refractivity contribution in [3.8, 4) is 5.69 Å². The van der Waals surface area contributed by atoms with Crippen LogP contribution in [-0.4, -0.2) is 19.0 Å². The van der Waals surface area contributed by atoms with E-state index in [0.717, 1.165) is 16.5 Å². The smallest absolute Gasteiger partial charge is 0.294 e. The summed E-state index contributed by atoms with van der Waals surface area (Å²) in [6.45, 7) is 0. The van der Waals surface area contributed by atoms with Gasteiger partial charge in [-0.15, -0.1) is 0 Å². The first-order chi connectivity index (χ1) is 15.9. The number of fused-ring (bicyclic) bond motifs is 2. The monoisotopic (exact) mass is 456 g/mol. The minimum atomic E-state index is -0.555. The highest BCUT2D eigenvalue weighted by atomic mass is 35.5. The molecule has 0 spiro atoms. The van der Waals surface area contributed by atoms with Crippen LogP contribution in [0.1, 0.15) is 11.4 Å². The van der Waals surface area contributed by atoms with Crippen molar-refractivity contribution in [2.75, 3.05) is 0 Å². The average molecular weight is 457 g/mol. The normalized spacial score (nSPS) is 11.6. The van der Waals surface area contributed by atoms with Crippen LogP contribution in [0.5, 0.6) is 0 Å². The lowest BCUT2D eigenvalue weighted by Gasteiger charge is -2.12. The van der Waals surface area contributed by atoms with Crippen molar-refractivity contribution in [2.24, 2.45) is 7.05 Å². The summed E-state index contributed by atoms with van der Waals surface area (Å²) in [5.74, 6) is 0.275. The number of nitro groups is 1. The maximum absolute atomic E-state index is 13.5. The second kappa shape index (κ2) is 8.03. The third-order valence-electron chi connectivity index (χ3n) is 5.52. The van der Waals surface area contributed by atoms with Crippen molar-refractivity contribution >= 4 is 51.2 Å². The van der Waals surface area contributed by atoms with E-state index in [1.54, 1.807) is 30.3 Å². The molecule has 7 nitrogen and oxygen atoms in total. The predicted molar refractivity (Wildman–Crippen MR) is 131 cm³/mol. The SMILES string of the molecule is Cn1cc(C=Cc2nc3ccccc3c(=O)n2-c2ccc(Cl)cc2[N+](=O)[O-])c2ccccc21. The number of nitrogens with zero attached hydrogens (tertiary/aromatic N) is 4. The standard InChI is InChI=1S/C25H17ClN4O3/c1-28-15-16(18-6-3-5-9-21(18)28)10-13-24-27-20-8-4-2-7-19(20)25(31)29(24)22-12-11-17(26)14-23(22)30(32)33/h2-15H,1H3. The Morgan fingerprint density at radius 3 is 2.52 bits per heavy atom. The van der Waals surface area contributed by atoms with Crippen LogP contribution in [0.15, 0.2) is 77.7 Å². The average Bonchev–Trinajstić information content (AvgIpc) is 3.14. The number of nitro benzene ring substituents is 1. The summed E-state index contributed by atoms with van der Waals surface area (Å²) < 4.78 is 3.28. The minimum absolute atomic E-state index is 0.102. The fourth-order valence-corrected chi connectivity index (χ4v) is 4.16. The molecule has 2 heterocycles. The number of hydrogen-bond acceptors (Lipinski definition) is 4. The first kappa shape index (κ1) is 20.7. The third kappa shape index (κ3) is 3.58. The Morgan fingerprint density at radius 1 is 1.00 bits per heavy atom. The summed E-state index contributed by atoms with van der Waals surface area (Å²) in [5.41, 5.74) is 1.94. The highest BCUT2D eigenvalue weighted by molar-refractivity contribution is 6.30. The van der Waals surface area contributed by atoms with Crippen molar-refractivity contribution in [3.63, 3.8) is 0 Å². The summed E-state index contributed by atoms with van der Waals surface area (Å²) >= 11 is 6.00. The van der Waals surface area contributed by atoms with E-state index in [1.807, 2.05) is 48.2 Å². The van der Waals surface area contributed by atoms with Gasteiger partial charge in [-0.05, 0) is 42.5 Å². The Balaban J connectivity index is 1.78. The second-order valence-corrected chi connectivity index (χ2v) is 8.00. The fraction of sp³-hybridized carbons (Fsp3) is 0.0400. The lowest BCUT2D eigenvalue weighted by Crippen LogP contribution is -2.23. The number of rotatable bonds is 4. The Kier molecular flexibility index (Phi) is 5.03. The van der Waals surface area contributed by atoms with Gasteiger partial charge < -0.3 is 4.57 Å². The van der Waals surface area contributed by atoms with E-state index in [4.69, 9.17) is 11.6 Å². The molecule has 0 aliphatic rings. The number of benzene rings is 3. The van der Waals surface area contributed by atoms with Gasteiger partial charge in [0.05, 0.1) is 15.8 Å². The van der Waals surface area contributed by atoms with Gasteiger partial charge in [-0.3, -0.25) is 19.5 Å². The van der Waals surface area contributed by atoms with Crippen LogP contribution in [-0.2, 0) is 7.05 Å². The molecule has 0 amide bonds. The van der Waals surface area contributed by atoms with Gasteiger partial charge in [-0.1, -0.05) is 41.9 Å². The van der Waals surface area contributed by atoms with Crippen LogP contribution < -0.4 is 5.56 Å². The maximum atomic E-state index is 13.5. The molecule has 33 heavy (non-hydrogen) atoms. The van der Waals surface area contributed by atoms with Gasteiger partial charge in [0.15, 0.2) is 0 Å². The summed E-state index contributed by atoms with van der Waals surface area (Å²) in [7, 11) is 1.96. The van der Waals surface area contributed by atoms with Gasteiger partial charge in [0.1, 0.15) is 11.5 Å². The molecular weight excluding hydrogens is 440 g/mol. The van der Waals surface area contributed by atoms with Crippen LogP contribution in [0.3, 0.4) is 0 Å². The van der Waals surface area contributed by atoms with Gasteiger partial charge in [0.2, 0.25) is 0 Å². The van der Waals surface area contributed by atoms with Gasteiger partial charge in [-0.2, -0.15) is 0 Å². The molecular formula is C25H17ClN4O3. The molecule has 0 unspecified atom stereocenters. The topological polar surface area (TPSA) is 83.0 Å². The zero-order chi connectivity index (χ0) is 23.1. The number of halogens is 1. The Morgan fingerprint density at radius 2 is 1.73 bits per heavy atom. The van der Waals surface area contributed by atoms with Crippen LogP contribution >= 0.6 is 11.6 Å². The van der Waals surface area contributed by atoms with E-state index in [0.29, 0.717) is 10.9 Å². The summed E-state index contributed by atoms with van der Waals surface area (Å²) in [5, 5.41) is 13.4. The van der Waals surface area contributed by atoms with E-state index in [-0.39, 0.29) is 22.2 Å². The quantitative estimate of drug-likeness (QED) is 0.260. The number of para-hydroxylation sites is 2. The van der Waals surface area contributed by atoms with Crippen molar-refractivity contribution in [1.82, 2.24) is 14.1 Å². The first-order valence-corrected chi connectivity index (χ1v) is 10.5. The molecule has 5 rings (SSSR count). The molecule has 0 bridgehead atoms. The van der Waals surface area contributed by atoms with Crippen LogP contribution in [0.2, 0.25) is 5.02 Å². The number of aromatic nitrogens is 3. The molecule has 162 valence electrons. The molecule has 0 N–H and O–H groups in total. The minimum Gasteiger partial charge on any atom is -0.350 e. The molecule has 0 atom stereocenters. The number of aryl methyl sites for hydroxylation is 1. The maximum Gasteiger partial charge on any atom is 0.294 e.